The van der Waals surface area contributed by atoms with Crippen molar-refractivity contribution in [2.45, 2.75) is 91.1 Å². The molecule has 2 N–H and O–H groups in total. The van der Waals surface area contributed by atoms with Crippen molar-refractivity contribution in [2.24, 2.45) is 23.0 Å². The maximum Gasteiger partial charge on any atom is 0.0334 e. The predicted octanol–water partition coefficient (Wildman–Crippen LogP) is 4.43. The van der Waals surface area contributed by atoms with Gasteiger partial charge in [-0.15, -0.1) is 0 Å². The van der Waals surface area contributed by atoms with Gasteiger partial charge in [-0.25, -0.2) is 0 Å². The minimum absolute atomic E-state index is 0.286. The van der Waals surface area contributed by atoms with Crippen LogP contribution in [0.25, 0.3) is 0 Å². The number of nitrogens with zero attached hydrogens (tertiary/aromatic N) is 1. The summed E-state index contributed by atoms with van der Waals surface area (Å²) in [7, 11) is 0. The highest BCUT2D eigenvalue weighted by molar-refractivity contribution is 4.99. The minimum atomic E-state index is 0.286. The van der Waals surface area contributed by atoms with Crippen LogP contribution in [0, 0.1) is 17.3 Å². The first-order valence-electron chi connectivity index (χ1n) is 9.25. The van der Waals surface area contributed by atoms with E-state index >= 15 is 0 Å². The monoisotopic (exact) mass is 294 g/mol. The fraction of sp³-hybridized carbons (Fsp3) is 1.00. The summed E-state index contributed by atoms with van der Waals surface area (Å²) < 4.78 is 0. The van der Waals surface area contributed by atoms with E-state index in [1.807, 2.05) is 0 Å². The van der Waals surface area contributed by atoms with Gasteiger partial charge < -0.3 is 5.73 Å². The third-order valence-corrected chi connectivity index (χ3v) is 6.48. The lowest BCUT2D eigenvalue weighted by Gasteiger charge is -2.50. The van der Waals surface area contributed by atoms with Crippen LogP contribution in [0.4, 0.5) is 0 Å². The topological polar surface area (TPSA) is 29.3 Å². The highest BCUT2D eigenvalue weighted by Gasteiger charge is 2.42. The molecule has 0 bridgehead atoms. The number of hydrogen-bond acceptors (Lipinski definition) is 2. The van der Waals surface area contributed by atoms with Gasteiger partial charge in [0.1, 0.15) is 0 Å². The van der Waals surface area contributed by atoms with Gasteiger partial charge in [-0.1, -0.05) is 34.1 Å². The van der Waals surface area contributed by atoms with Crippen LogP contribution in [0.15, 0.2) is 0 Å². The van der Waals surface area contributed by atoms with Crippen molar-refractivity contribution in [3.63, 3.8) is 0 Å². The summed E-state index contributed by atoms with van der Waals surface area (Å²) in [6.07, 6.45) is 9.47. The largest absolute Gasteiger partial charge is 0.329 e. The van der Waals surface area contributed by atoms with Gasteiger partial charge in [-0.05, 0) is 62.7 Å². The molecule has 0 aromatic rings. The zero-order chi connectivity index (χ0) is 15.7. The van der Waals surface area contributed by atoms with Crippen molar-refractivity contribution in [2.75, 3.05) is 13.1 Å². The van der Waals surface area contributed by atoms with Gasteiger partial charge in [0.2, 0.25) is 0 Å². The molecule has 2 rings (SSSR count). The molecule has 124 valence electrons. The molecular weight excluding hydrogens is 256 g/mol. The fourth-order valence-corrected chi connectivity index (χ4v) is 4.81. The summed E-state index contributed by atoms with van der Waals surface area (Å²) in [6, 6.07) is 0.718. The summed E-state index contributed by atoms with van der Waals surface area (Å²) >= 11 is 0. The smallest absolute Gasteiger partial charge is 0.0334 e. The SMILES string of the molecule is CC1CCC(C)N(C2(CN)CCCC(C(C)(C)C)CC2)C1. The van der Waals surface area contributed by atoms with Crippen molar-refractivity contribution < 1.29 is 0 Å². The molecule has 1 saturated carbocycles. The molecule has 1 saturated heterocycles. The molecule has 4 unspecified atom stereocenters. The van der Waals surface area contributed by atoms with Crippen LogP contribution in [0.5, 0.6) is 0 Å². The van der Waals surface area contributed by atoms with Crippen LogP contribution in [0.2, 0.25) is 0 Å². The highest BCUT2D eigenvalue weighted by atomic mass is 15.2. The van der Waals surface area contributed by atoms with Gasteiger partial charge in [0.15, 0.2) is 0 Å². The van der Waals surface area contributed by atoms with E-state index < -0.39 is 0 Å². The van der Waals surface area contributed by atoms with Crippen molar-refractivity contribution in [1.82, 2.24) is 4.90 Å². The Bertz CT molecular complexity index is 333. The predicted molar refractivity (Wildman–Crippen MR) is 92.4 cm³/mol. The second kappa shape index (κ2) is 6.58. The Kier molecular flexibility index (Phi) is 5.41. The first-order valence-corrected chi connectivity index (χ1v) is 9.25. The molecule has 0 spiro atoms. The lowest BCUT2D eigenvalue weighted by molar-refractivity contribution is -0.00101. The standard InChI is InChI=1S/C19H38N2/c1-15-8-9-16(2)21(13-15)19(14-20)11-6-7-17(10-12-19)18(3,4)5/h15-17H,6-14,20H2,1-5H3. The zero-order valence-electron chi connectivity index (χ0n) is 15.1. The average Bonchev–Trinajstić information content (AvgIpc) is 2.64. The highest BCUT2D eigenvalue weighted by Crippen LogP contribution is 2.43. The number of hydrogen-bond donors (Lipinski definition) is 1. The van der Waals surface area contributed by atoms with Crippen molar-refractivity contribution >= 4 is 0 Å². The molecule has 0 aromatic carbocycles. The van der Waals surface area contributed by atoms with Crippen molar-refractivity contribution in [3.05, 3.63) is 0 Å². The van der Waals surface area contributed by atoms with Crippen LogP contribution in [0.1, 0.15) is 79.6 Å². The molecule has 2 heteroatoms. The Balaban J connectivity index is 2.14. The van der Waals surface area contributed by atoms with E-state index in [0.29, 0.717) is 5.41 Å². The summed E-state index contributed by atoms with van der Waals surface area (Å²) in [4.78, 5) is 2.81. The third-order valence-electron chi connectivity index (χ3n) is 6.48. The molecule has 0 amide bonds. The van der Waals surface area contributed by atoms with E-state index in [-0.39, 0.29) is 5.54 Å². The number of rotatable bonds is 2. The molecule has 2 fully saturated rings. The van der Waals surface area contributed by atoms with E-state index in [1.165, 1.54) is 51.5 Å². The Hall–Kier alpha value is -0.0800. The summed E-state index contributed by atoms with van der Waals surface area (Å²) in [5, 5.41) is 0. The molecule has 2 nitrogen and oxygen atoms in total. The lowest BCUT2D eigenvalue weighted by atomic mass is 9.75. The summed E-state index contributed by atoms with van der Waals surface area (Å²) in [6.45, 7) is 14.2. The molecule has 21 heavy (non-hydrogen) atoms. The Labute approximate surface area is 132 Å². The molecule has 0 radical (unpaired) electrons. The maximum atomic E-state index is 6.36. The Morgan fingerprint density at radius 2 is 1.76 bits per heavy atom. The van der Waals surface area contributed by atoms with E-state index in [0.717, 1.165) is 24.4 Å². The summed E-state index contributed by atoms with van der Waals surface area (Å²) in [5.41, 5.74) is 7.09. The molecule has 1 heterocycles. The molecule has 0 aromatic heterocycles. The number of likely N-dealkylation sites (tertiary alicyclic amines) is 1. The van der Waals surface area contributed by atoms with Gasteiger partial charge in [0.25, 0.3) is 0 Å². The molecule has 2 aliphatic rings. The Morgan fingerprint density at radius 3 is 2.38 bits per heavy atom. The lowest BCUT2D eigenvalue weighted by Crippen LogP contribution is -2.59. The van der Waals surface area contributed by atoms with E-state index in [9.17, 15) is 0 Å². The quantitative estimate of drug-likeness (QED) is 0.763. The second-order valence-corrected chi connectivity index (χ2v) is 9.11. The van der Waals surface area contributed by atoms with Gasteiger partial charge in [0, 0.05) is 24.7 Å². The van der Waals surface area contributed by atoms with E-state index in [1.54, 1.807) is 0 Å². The second-order valence-electron chi connectivity index (χ2n) is 9.11. The van der Waals surface area contributed by atoms with E-state index in [4.69, 9.17) is 5.73 Å². The first-order chi connectivity index (χ1) is 9.78. The number of nitrogens with two attached hydrogens (primary N) is 1. The normalized spacial score (nSPS) is 40.0. The number of piperidine rings is 1. The van der Waals surface area contributed by atoms with Crippen LogP contribution in [-0.2, 0) is 0 Å². The van der Waals surface area contributed by atoms with Crippen molar-refractivity contribution in [3.8, 4) is 0 Å². The molecule has 4 atom stereocenters. The molecular formula is C19H38N2. The maximum absolute atomic E-state index is 6.36. The van der Waals surface area contributed by atoms with Gasteiger partial charge in [-0.3, -0.25) is 4.90 Å². The van der Waals surface area contributed by atoms with Crippen LogP contribution in [-0.4, -0.2) is 29.6 Å². The minimum Gasteiger partial charge on any atom is -0.329 e. The molecule has 1 aliphatic carbocycles. The third kappa shape index (κ3) is 3.82. The Morgan fingerprint density at radius 1 is 1.05 bits per heavy atom. The van der Waals surface area contributed by atoms with Gasteiger partial charge in [-0.2, -0.15) is 0 Å². The van der Waals surface area contributed by atoms with Crippen molar-refractivity contribution in [1.29, 1.82) is 0 Å². The average molecular weight is 295 g/mol. The van der Waals surface area contributed by atoms with Gasteiger partial charge in [0.05, 0.1) is 0 Å². The summed E-state index contributed by atoms with van der Waals surface area (Å²) in [5.74, 6) is 1.70. The van der Waals surface area contributed by atoms with Crippen LogP contribution >= 0.6 is 0 Å². The van der Waals surface area contributed by atoms with Crippen LogP contribution in [0.3, 0.4) is 0 Å². The first kappa shape index (κ1) is 17.3. The molecule has 1 aliphatic heterocycles. The van der Waals surface area contributed by atoms with E-state index in [2.05, 4.69) is 39.5 Å². The van der Waals surface area contributed by atoms with Crippen LogP contribution < -0.4 is 5.73 Å². The fourth-order valence-electron chi connectivity index (χ4n) is 4.81. The van der Waals surface area contributed by atoms with Gasteiger partial charge >= 0.3 is 0 Å². The zero-order valence-corrected chi connectivity index (χ0v) is 15.1.